The standard InChI is InChI=1S/C15H17ClN2/c1-2-15(12-6-5-7-13(16)10-12)18-11-14-8-3-4-9-17-14/h3-10,15,18H,2,11H2,1H3. The van der Waals surface area contributed by atoms with Crippen molar-refractivity contribution in [2.45, 2.75) is 25.9 Å². The van der Waals surface area contributed by atoms with Gasteiger partial charge in [-0.1, -0.05) is 36.7 Å². The number of benzene rings is 1. The maximum atomic E-state index is 6.02. The van der Waals surface area contributed by atoms with Gasteiger partial charge in [0.25, 0.3) is 0 Å². The fraction of sp³-hybridized carbons (Fsp3) is 0.267. The van der Waals surface area contributed by atoms with E-state index in [1.807, 2.05) is 42.6 Å². The van der Waals surface area contributed by atoms with Crippen molar-refractivity contribution in [1.29, 1.82) is 0 Å². The number of nitrogens with one attached hydrogen (secondary N) is 1. The highest BCUT2D eigenvalue weighted by atomic mass is 35.5. The van der Waals surface area contributed by atoms with Crippen LogP contribution in [-0.2, 0) is 6.54 Å². The Bertz CT molecular complexity index is 485. The van der Waals surface area contributed by atoms with Gasteiger partial charge >= 0.3 is 0 Å². The molecule has 94 valence electrons. The van der Waals surface area contributed by atoms with Crippen LogP contribution in [0.3, 0.4) is 0 Å². The van der Waals surface area contributed by atoms with Crippen molar-refractivity contribution in [2.75, 3.05) is 0 Å². The Morgan fingerprint density at radius 3 is 2.78 bits per heavy atom. The summed E-state index contributed by atoms with van der Waals surface area (Å²) in [4.78, 5) is 4.31. The first kappa shape index (κ1) is 13.1. The molecule has 3 heteroatoms. The molecule has 0 fully saturated rings. The Labute approximate surface area is 113 Å². The summed E-state index contributed by atoms with van der Waals surface area (Å²) < 4.78 is 0. The number of rotatable bonds is 5. The normalized spacial score (nSPS) is 12.3. The topological polar surface area (TPSA) is 24.9 Å². The monoisotopic (exact) mass is 260 g/mol. The predicted octanol–water partition coefficient (Wildman–Crippen LogP) is 3.98. The van der Waals surface area contributed by atoms with Crippen LogP contribution >= 0.6 is 11.6 Å². The van der Waals surface area contributed by atoms with Gasteiger partial charge in [0.2, 0.25) is 0 Å². The lowest BCUT2D eigenvalue weighted by atomic mass is 10.0. The van der Waals surface area contributed by atoms with E-state index in [1.165, 1.54) is 5.56 Å². The van der Waals surface area contributed by atoms with E-state index in [9.17, 15) is 0 Å². The number of hydrogen-bond acceptors (Lipinski definition) is 2. The lowest BCUT2D eigenvalue weighted by Crippen LogP contribution is -2.20. The third-order valence-electron chi connectivity index (χ3n) is 2.92. The zero-order valence-corrected chi connectivity index (χ0v) is 11.2. The van der Waals surface area contributed by atoms with Gasteiger partial charge in [0.1, 0.15) is 0 Å². The summed E-state index contributed by atoms with van der Waals surface area (Å²) >= 11 is 6.02. The molecule has 0 aliphatic rings. The fourth-order valence-corrected chi connectivity index (χ4v) is 2.15. The molecule has 0 aliphatic carbocycles. The second-order valence-electron chi connectivity index (χ2n) is 4.22. The van der Waals surface area contributed by atoms with Crippen molar-refractivity contribution in [2.24, 2.45) is 0 Å². The molecule has 1 unspecified atom stereocenters. The van der Waals surface area contributed by atoms with Gasteiger partial charge in [-0.2, -0.15) is 0 Å². The van der Waals surface area contributed by atoms with E-state index < -0.39 is 0 Å². The molecular weight excluding hydrogens is 244 g/mol. The third-order valence-corrected chi connectivity index (χ3v) is 3.15. The molecule has 2 nitrogen and oxygen atoms in total. The van der Waals surface area contributed by atoms with Gasteiger partial charge in [0, 0.05) is 23.8 Å². The molecule has 1 aromatic carbocycles. The van der Waals surface area contributed by atoms with Gasteiger partial charge in [-0.3, -0.25) is 4.98 Å². The first-order valence-corrected chi connectivity index (χ1v) is 6.56. The molecule has 1 aromatic heterocycles. The highest BCUT2D eigenvalue weighted by Crippen LogP contribution is 2.20. The molecule has 1 N–H and O–H groups in total. The van der Waals surface area contributed by atoms with Gasteiger partial charge in [-0.05, 0) is 36.2 Å². The molecular formula is C15H17ClN2. The van der Waals surface area contributed by atoms with E-state index in [2.05, 4.69) is 23.3 Å². The summed E-state index contributed by atoms with van der Waals surface area (Å²) in [5.41, 5.74) is 2.28. The van der Waals surface area contributed by atoms with E-state index in [0.717, 1.165) is 23.7 Å². The van der Waals surface area contributed by atoms with Gasteiger partial charge < -0.3 is 5.32 Å². The smallest absolute Gasteiger partial charge is 0.0541 e. The average Bonchev–Trinajstić information content (AvgIpc) is 2.41. The Hall–Kier alpha value is -1.38. The van der Waals surface area contributed by atoms with Crippen LogP contribution in [0.2, 0.25) is 5.02 Å². The van der Waals surface area contributed by atoms with E-state index in [0.29, 0.717) is 6.04 Å². The molecule has 0 aliphatic heterocycles. The third kappa shape index (κ3) is 3.56. The molecule has 18 heavy (non-hydrogen) atoms. The van der Waals surface area contributed by atoms with Crippen molar-refractivity contribution >= 4 is 11.6 Å². The van der Waals surface area contributed by atoms with E-state index >= 15 is 0 Å². The van der Waals surface area contributed by atoms with Crippen molar-refractivity contribution < 1.29 is 0 Å². The van der Waals surface area contributed by atoms with E-state index in [-0.39, 0.29) is 0 Å². The summed E-state index contributed by atoms with van der Waals surface area (Å²) in [6, 6.07) is 14.3. The largest absolute Gasteiger partial charge is 0.304 e. The minimum atomic E-state index is 0.311. The van der Waals surface area contributed by atoms with Gasteiger partial charge in [-0.25, -0.2) is 0 Å². The molecule has 0 bridgehead atoms. The van der Waals surface area contributed by atoms with Gasteiger partial charge in [0.05, 0.1) is 5.69 Å². The van der Waals surface area contributed by atoms with Crippen LogP contribution in [0.4, 0.5) is 0 Å². The van der Waals surface area contributed by atoms with Gasteiger partial charge in [-0.15, -0.1) is 0 Å². The number of pyridine rings is 1. The maximum absolute atomic E-state index is 6.02. The summed E-state index contributed by atoms with van der Waals surface area (Å²) in [7, 11) is 0. The zero-order valence-electron chi connectivity index (χ0n) is 10.4. The lowest BCUT2D eigenvalue weighted by molar-refractivity contribution is 0.514. The molecule has 1 atom stereocenters. The van der Waals surface area contributed by atoms with Crippen LogP contribution in [0.5, 0.6) is 0 Å². The molecule has 1 heterocycles. The number of halogens is 1. The van der Waals surface area contributed by atoms with Crippen LogP contribution in [0.1, 0.15) is 30.6 Å². The molecule has 0 radical (unpaired) electrons. The molecule has 0 saturated carbocycles. The quantitative estimate of drug-likeness (QED) is 0.880. The number of hydrogen-bond donors (Lipinski definition) is 1. The average molecular weight is 261 g/mol. The second-order valence-corrected chi connectivity index (χ2v) is 4.65. The second kappa shape index (κ2) is 6.53. The fourth-order valence-electron chi connectivity index (χ4n) is 1.95. The Balaban J connectivity index is 2.02. The molecule has 2 aromatic rings. The Kier molecular flexibility index (Phi) is 4.73. The first-order chi connectivity index (χ1) is 8.79. The highest BCUT2D eigenvalue weighted by Gasteiger charge is 2.08. The minimum Gasteiger partial charge on any atom is -0.304 e. The molecule has 0 saturated heterocycles. The van der Waals surface area contributed by atoms with Crippen molar-refractivity contribution in [3.8, 4) is 0 Å². The van der Waals surface area contributed by atoms with E-state index in [1.54, 1.807) is 0 Å². The highest BCUT2D eigenvalue weighted by molar-refractivity contribution is 6.30. The Morgan fingerprint density at radius 2 is 2.11 bits per heavy atom. The predicted molar refractivity (Wildman–Crippen MR) is 75.6 cm³/mol. The van der Waals surface area contributed by atoms with E-state index in [4.69, 9.17) is 11.6 Å². The van der Waals surface area contributed by atoms with Crippen LogP contribution in [0, 0.1) is 0 Å². The zero-order chi connectivity index (χ0) is 12.8. The number of aromatic nitrogens is 1. The van der Waals surface area contributed by atoms with Crippen LogP contribution in [0.25, 0.3) is 0 Å². The summed E-state index contributed by atoms with van der Waals surface area (Å²) in [5.74, 6) is 0. The summed E-state index contributed by atoms with van der Waals surface area (Å²) in [6.45, 7) is 2.93. The van der Waals surface area contributed by atoms with Crippen LogP contribution < -0.4 is 5.32 Å². The lowest BCUT2D eigenvalue weighted by Gasteiger charge is -2.17. The van der Waals surface area contributed by atoms with Crippen molar-refractivity contribution in [1.82, 2.24) is 10.3 Å². The number of nitrogens with zero attached hydrogens (tertiary/aromatic N) is 1. The summed E-state index contributed by atoms with van der Waals surface area (Å²) in [5, 5.41) is 4.29. The molecule has 0 amide bonds. The molecule has 0 spiro atoms. The van der Waals surface area contributed by atoms with Crippen molar-refractivity contribution in [3.63, 3.8) is 0 Å². The Morgan fingerprint density at radius 1 is 1.22 bits per heavy atom. The van der Waals surface area contributed by atoms with Crippen molar-refractivity contribution in [3.05, 3.63) is 64.9 Å². The summed E-state index contributed by atoms with van der Waals surface area (Å²) in [6.07, 6.45) is 2.84. The first-order valence-electron chi connectivity index (χ1n) is 6.18. The minimum absolute atomic E-state index is 0.311. The SMILES string of the molecule is CCC(NCc1ccccn1)c1cccc(Cl)c1. The molecule has 2 rings (SSSR count). The van der Waals surface area contributed by atoms with Crippen LogP contribution in [-0.4, -0.2) is 4.98 Å². The van der Waals surface area contributed by atoms with Crippen LogP contribution in [0.15, 0.2) is 48.7 Å². The van der Waals surface area contributed by atoms with Gasteiger partial charge in [0.15, 0.2) is 0 Å². The maximum Gasteiger partial charge on any atom is 0.0541 e.